The highest BCUT2D eigenvalue weighted by molar-refractivity contribution is 5.91. The number of ketones is 1. The lowest BCUT2D eigenvalue weighted by atomic mass is 9.35. The molecular formula is C9H11NO. The normalized spacial score (nSPS) is 45.1. The average molecular weight is 149 g/mol. The van der Waals surface area contributed by atoms with E-state index in [9.17, 15) is 4.79 Å². The molecule has 3 aliphatic rings. The second-order valence-corrected chi connectivity index (χ2v) is 4.36. The number of carbonyl (C=O) groups excluding carboxylic acids is 1. The molecule has 0 atom stereocenters. The highest BCUT2D eigenvalue weighted by Gasteiger charge is 2.68. The highest BCUT2D eigenvalue weighted by Crippen LogP contribution is 2.73. The van der Waals surface area contributed by atoms with Crippen LogP contribution >= 0.6 is 0 Å². The molecule has 0 amide bonds. The van der Waals surface area contributed by atoms with Crippen molar-refractivity contribution in [1.82, 2.24) is 0 Å². The molecule has 0 saturated heterocycles. The number of nitrogens with zero attached hydrogens (tertiary/aromatic N) is 1. The molecule has 0 spiro atoms. The summed E-state index contributed by atoms with van der Waals surface area (Å²) >= 11 is 0. The smallest absolute Gasteiger partial charge is 0.272 e. The topological polar surface area (TPSA) is 21.4 Å². The van der Waals surface area contributed by atoms with Crippen LogP contribution in [0.3, 0.4) is 0 Å². The predicted octanol–water partition coefficient (Wildman–Crippen LogP) is 1.66. The fourth-order valence-electron chi connectivity index (χ4n) is 2.83. The molecule has 0 unspecified atom stereocenters. The van der Waals surface area contributed by atoms with E-state index in [1.165, 1.54) is 0 Å². The molecule has 3 aliphatic carbocycles. The molecule has 0 aromatic carbocycles. The van der Waals surface area contributed by atoms with Crippen LogP contribution in [0.4, 0.5) is 0 Å². The van der Waals surface area contributed by atoms with Gasteiger partial charge in [0.2, 0.25) is 5.78 Å². The van der Waals surface area contributed by atoms with Gasteiger partial charge in [-0.3, -0.25) is 4.79 Å². The van der Waals surface area contributed by atoms with Gasteiger partial charge >= 0.3 is 0 Å². The third kappa shape index (κ3) is 0.686. The Labute approximate surface area is 66.4 Å². The number of rotatable bonds is 2. The van der Waals surface area contributed by atoms with Crippen LogP contribution in [0.25, 0.3) is 4.85 Å². The van der Waals surface area contributed by atoms with Crippen LogP contribution in [0.15, 0.2) is 0 Å². The van der Waals surface area contributed by atoms with Gasteiger partial charge in [-0.05, 0) is 24.7 Å². The largest absolute Gasteiger partial charge is 0.308 e. The standard InChI is InChI=1S/C9H11NO/c1-8-4-9(5-8,6-8)7(11)3-10-2/h3-6H2,1H3. The summed E-state index contributed by atoms with van der Waals surface area (Å²) in [6.07, 6.45) is 3.15. The fraction of sp³-hybridized carbons (Fsp3) is 0.778. The maximum absolute atomic E-state index is 11.3. The average Bonchev–Trinajstić information content (AvgIpc) is 1.79. The molecule has 2 bridgehead atoms. The minimum Gasteiger partial charge on any atom is -0.308 e. The van der Waals surface area contributed by atoms with Crippen molar-refractivity contribution in [3.63, 3.8) is 0 Å². The van der Waals surface area contributed by atoms with Crippen LogP contribution in [-0.4, -0.2) is 12.3 Å². The van der Waals surface area contributed by atoms with Crippen molar-refractivity contribution in [2.45, 2.75) is 26.2 Å². The van der Waals surface area contributed by atoms with Gasteiger partial charge in [0.1, 0.15) is 0 Å². The predicted molar refractivity (Wildman–Crippen MR) is 40.9 cm³/mol. The highest BCUT2D eigenvalue weighted by atomic mass is 16.1. The van der Waals surface area contributed by atoms with Crippen LogP contribution in [0.5, 0.6) is 0 Å². The third-order valence-electron chi connectivity index (χ3n) is 3.11. The van der Waals surface area contributed by atoms with Crippen LogP contribution in [0.2, 0.25) is 0 Å². The van der Waals surface area contributed by atoms with Crippen molar-refractivity contribution in [3.05, 3.63) is 11.4 Å². The molecule has 2 nitrogen and oxygen atoms in total. The van der Waals surface area contributed by atoms with E-state index in [4.69, 9.17) is 6.57 Å². The lowest BCUT2D eigenvalue weighted by Gasteiger charge is -2.67. The molecule has 2 heteroatoms. The van der Waals surface area contributed by atoms with Gasteiger partial charge in [-0.25, -0.2) is 6.57 Å². The molecule has 0 aromatic rings. The summed E-state index contributed by atoms with van der Waals surface area (Å²) in [7, 11) is 0. The van der Waals surface area contributed by atoms with E-state index in [0.29, 0.717) is 5.41 Å². The first kappa shape index (κ1) is 6.84. The number of hydrogen-bond donors (Lipinski definition) is 0. The zero-order chi connectivity index (χ0) is 8.11. The van der Waals surface area contributed by atoms with E-state index < -0.39 is 0 Å². The summed E-state index contributed by atoms with van der Waals surface area (Å²) in [6, 6.07) is 0. The monoisotopic (exact) mass is 149 g/mol. The van der Waals surface area contributed by atoms with Gasteiger partial charge in [0.25, 0.3) is 6.54 Å². The van der Waals surface area contributed by atoms with Gasteiger partial charge in [-0.1, -0.05) is 6.92 Å². The molecule has 11 heavy (non-hydrogen) atoms. The maximum atomic E-state index is 11.3. The molecular weight excluding hydrogens is 138 g/mol. The second-order valence-electron chi connectivity index (χ2n) is 4.36. The molecule has 3 saturated carbocycles. The third-order valence-corrected chi connectivity index (χ3v) is 3.11. The lowest BCUT2D eigenvalue weighted by molar-refractivity contribution is -0.195. The number of carbonyl (C=O) groups is 1. The first-order valence-corrected chi connectivity index (χ1v) is 3.97. The molecule has 0 heterocycles. The first-order valence-electron chi connectivity index (χ1n) is 3.97. The van der Waals surface area contributed by atoms with Gasteiger partial charge in [0, 0.05) is 5.41 Å². The Hall–Kier alpha value is -0.840. The Bertz CT molecular complexity index is 241. The minimum absolute atomic E-state index is 0.0146. The van der Waals surface area contributed by atoms with Gasteiger partial charge in [-0.15, -0.1) is 0 Å². The molecule has 0 aliphatic heterocycles. The van der Waals surface area contributed by atoms with Crippen molar-refractivity contribution < 1.29 is 4.79 Å². The molecule has 58 valence electrons. The summed E-state index contributed by atoms with van der Waals surface area (Å²) in [5, 5.41) is 0. The summed E-state index contributed by atoms with van der Waals surface area (Å²) in [5.74, 6) is 0.191. The van der Waals surface area contributed by atoms with Crippen molar-refractivity contribution in [2.24, 2.45) is 10.8 Å². The summed E-state index contributed by atoms with van der Waals surface area (Å²) in [4.78, 5) is 14.4. The van der Waals surface area contributed by atoms with Gasteiger partial charge in [0.15, 0.2) is 0 Å². The molecule has 0 aromatic heterocycles. The van der Waals surface area contributed by atoms with Crippen LogP contribution in [0, 0.1) is 17.4 Å². The van der Waals surface area contributed by atoms with Crippen LogP contribution < -0.4 is 0 Å². The number of hydrogen-bond acceptors (Lipinski definition) is 1. The molecule has 0 radical (unpaired) electrons. The fourth-order valence-corrected chi connectivity index (χ4v) is 2.83. The molecule has 3 fully saturated rings. The Morgan fingerprint density at radius 1 is 1.55 bits per heavy atom. The van der Waals surface area contributed by atoms with Crippen molar-refractivity contribution in [2.75, 3.05) is 6.54 Å². The van der Waals surface area contributed by atoms with Gasteiger partial charge < -0.3 is 4.85 Å². The van der Waals surface area contributed by atoms with Crippen LogP contribution in [-0.2, 0) is 4.79 Å². The van der Waals surface area contributed by atoms with E-state index >= 15 is 0 Å². The van der Waals surface area contributed by atoms with Gasteiger partial charge in [-0.2, -0.15) is 0 Å². The summed E-state index contributed by atoms with van der Waals surface area (Å²) in [5.41, 5.74) is 0.469. The Morgan fingerprint density at radius 2 is 2.09 bits per heavy atom. The van der Waals surface area contributed by atoms with E-state index in [-0.39, 0.29) is 17.7 Å². The van der Waals surface area contributed by atoms with E-state index in [0.717, 1.165) is 19.3 Å². The zero-order valence-corrected chi connectivity index (χ0v) is 6.68. The van der Waals surface area contributed by atoms with E-state index in [1.807, 2.05) is 0 Å². The maximum Gasteiger partial charge on any atom is 0.272 e. The molecule has 3 rings (SSSR count). The SMILES string of the molecule is [C-]#[N+]CC(=O)C12CC(C)(C1)C2. The quantitative estimate of drug-likeness (QED) is 0.547. The van der Waals surface area contributed by atoms with Crippen LogP contribution in [0.1, 0.15) is 26.2 Å². The Morgan fingerprint density at radius 3 is 2.45 bits per heavy atom. The molecule has 0 N–H and O–H groups in total. The minimum atomic E-state index is -0.0146. The first-order chi connectivity index (χ1) is 5.10. The number of Topliss-reactive ketones (excluding diaryl/α,β-unsaturated/α-hetero) is 1. The van der Waals surface area contributed by atoms with Crippen molar-refractivity contribution in [3.8, 4) is 0 Å². The Balaban J connectivity index is 2.00. The zero-order valence-electron chi connectivity index (χ0n) is 6.68. The van der Waals surface area contributed by atoms with Crippen molar-refractivity contribution in [1.29, 1.82) is 0 Å². The van der Waals surface area contributed by atoms with E-state index in [2.05, 4.69) is 11.8 Å². The lowest BCUT2D eigenvalue weighted by Crippen LogP contribution is -2.64. The van der Waals surface area contributed by atoms with E-state index in [1.54, 1.807) is 0 Å². The Kier molecular flexibility index (Phi) is 1.03. The van der Waals surface area contributed by atoms with Gasteiger partial charge in [0.05, 0.1) is 0 Å². The van der Waals surface area contributed by atoms with Crippen molar-refractivity contribution >= 4 is 5.78 Å². The summed E-state index contributed by atoms with van der Waals surface area (Å²) in [6.45, 7) is 8.91. The summed E-state index contributed by atoms with van der Waals surface area (Å²) < 4.78 is 0. The second kappa shape index (κ2) is 1.66.